The summed E-state index contributed by atoms with van der Waals surface area (Å²) in [6, 6.07) is 0. The second kappa shape index (κ2) is 64.1. The van der Waals surface area contributed by atoms with Gasteiger partial charge in [0.05, 0.1) is 0 Å². The zero-order valence-electron chi connectivity index (χ0n) is 50.3. The molecular weight excluding hydrogens is 937 g/mol. The Labute approximate surface area is 471 Å². The van der Waals surface area contributed by atoms with Gasteiger partial charge in [0.15, 0.2) is 6.10 Å². The molecule has 76 heavy (non-hydrogen) atoms. The van der Waals surface area contributed by atoms with E-state index in [9.17, 15) is 14.4 Å². The van der Waals surface area contributed by atoms with Crippen LogP contribution in [0.3, 0.4) is 0 Å². The van der Waals surface area contributed by atoms with Crippen molar-refractivity contribution in [3.05, 3.63) is 85.1 Å². The van der Waals surface area contributed by atoms with Gasteiger partial charge in [0.2, 0.25) is 0 Å². The zero-order valence-corrected chi connectivity index (χ0v) is 50.3. The first kappa shape index (κ1) is 72.6. The third-order valence-corrected chi connectivity index (χ3v) is 14.1. The van der Waals surface area contributed by atoms with Gasteiger partial charge in [-0.3, -0.25) is 14.4 Å². The number of allylic oxidation sites excluding steroid dienone is 14. The van der Waals surface area contributed by atoms with Crippen molar-refractivity contribution in [2.24, 2.45) is 0 Å². The molecule has 6 nitrogen and oxygen atoms in total. The highest BCUT2D eigenvalue weighted by molar-refractivity contribution is 5.71. The van der Waals surface area contributed by atoms with Crippen LogP contribution in [-0.2, 0) is 28.6 Å². The molecule has 0 spiro atoms. The predicted octanol–water partition coefficient (Wildman–Crippen LogP) is 22.3. The van der Waals surface area contributed by atoms with Gasteiger partial charge in [-0.15, -0.1) is 0 Å². The van der Waals surface area contributed by atoms with Gasteiger partial charge < -0.3 is 14.2 Å². The van der Waals surface area contributed by atoms with Crippen LogP contribution >= 0.6 is 0 Å². The average Bonchev–Trinajstić information content (AvgIpc) is 3.42. The summed E-state index contributed by atoms with van der Waals surface area (Å²) in [5, 5.41) is 0. The largest absolute Gasteiger partial charge is 0.462 e. The summed E-state index contributed by atoms with van der Waals surface area (Å²) in [6.07, 6.45) is 85.1. The van der Waals surface area contributed by atoms with E-state index >= 15 is 0 Å². The number of carbonyl (C=O) groups excluding carboxylic acids is 3. The molecule has 438 valence electrons. The molecule has 0 bridgehead atoms. The molecule has 0 amide bonds. The molecule has 0 aromatic rings. The summed E-state index contributed by atoms with van der Waals surface area (Å²) in [7, 11) is 0. The molecule has 0 aromatic heterocycles. The molecule has 0 aliphatic carbocycles. The zero-order chi connectivity index (χ0) is 55.0. The van der Waals surface area contributed by atoms with Crippen molar-refractivity contribution in [2.45, 2.75) is 329 Å². The van der Waals surface area contributed by atoms with Crippen molar-refractivity contribution >= 4 is 17.9 Å². The van der Waals surface area contributed by atoms with E-state index in [0.29, 0.717) is 19.3 Å². The van der Waals surface area contributed by atoms with Gasteiger partial charge in [-0.1, -0.05) is 298 Å². The van der Waals surface area contributed by atoms with Gasteiger partial charge >= 0.3 is 17.9 Å². The third-order valence-electron chi connectivity index (χ3n) is 14.1. The molecule has 0 heterocycles. The van der Waals surface area contributed by atoms with Crippen LogP contribution < -0.4 is 0 Å². The van der Waals surface area contributed by atoms with E-state index in [4.69, 9.17) is 14.2 Å². The van der Waals surface area contributed by atoms with Crippen molar-refractivity contribution in [3.8, 4) is 0 Å². The molecule has 0 aliphatic rings. The Kier molecular flexibility index (Phi) is 61.2. The highest BCUT2D eigenvalue weighted by Gasteiger charge is 2.19. The second-order valence-electron chi connectivity index (χ2n) is 21.6. The summed E-state index contributed by atoms with van der Waals surface area (Å²) < 4.78 is 16.8. The quantitative estimate of drug-likeness (QED) is 0.0261. The summed E-state index contributed by atoms with van der Waals surface area (Å²) in [5.74, 6) is -0.883. The minimum Gasteiger partial charge on any atom is -0.462 e. The van der Waals surface area contributed by atoms with E-state index in [1.165, 1.54) is 173 Å². The monoisotopic (exact) mass is 1060 g/mol. The Hall–Kier alpha value is -3.41. The van der Waals surface area contributed by atoms with Gasteiger partial charge in [0, 0.05) is 19.3 Å². The van der Waals surface area contributed by atoms with Crippen molar-refractivity contribution in [2.75, 3.05) is 13.2 Å². The van der Waals surface area contributed by atoms with Crippen LogP contribution in [0.15, 0.2) is 85.1 Å². The van der Waals surface area contributed by atoms with Crippen molar-refractivity contribution in [1.82, 2.24) is 0 Å². The summed E-state index contributed by atoms with van der Waals surface area (Å²) in [4.78, 5) is 38.0. The van der Waals surface area contributed by atoms with Crippen molar-refractivity contribution < 1.29 is 28.6 Å². The normalized spacial score (nSPS) is 12.6. The van der Waals surface area contributed by atoms with Gasteiger partial charge in [-0.05, 0) is 89.9 Å². The lowest BCUT2D eigenvalue weighted by Gasteiger charge is -2.18. The number of carbonyl (C=O) groups is 3. The van der Waals surface area contributed by atoms with E-state index in [0.717, 1.165) is 109 Å². The molecule has 0 saturated heterocycles. The Bertz CT molecular complexity index is 1450. The lowest BCUT2D eigenvalue weighted by atomic mass is 10.0. The SMILES string of the molecule is CC/C=C\C/C=C\C/C=C\C/C=C\CCCCCCCCCCCCCCCCCCCCCCCCC(=O)OCC(COC(=O)CCCCCCCC)OC(=O)CCCCCCCCC/C=C\C/C=C\C/C=C\CC. The lowest BCUT2D eigenvalue weighted by Crippen LogP contribution is -2.30. The maximum atomic E-state index is 12.8. The fourth-order valence-electron chi connectivity index (χ4n) is 9.33. The molecule has 0 saturated carbocycles. The van der Waals surface area contributed by atoms with Crippen LogP contribution in [0, 0.1) is 0 Å². The molecule has 0 fully saturated rings. The van der Waals surface area contributed by atoms with E-state index in [-0.39, 0.29) is 31.1 Å². The fourth-order valence-corrected chi connectivity index (χ4v) is 9.33. The van der Waals surface area contributed by atoms with Crippen LogP contribution in [-0.4, -0.2) is 37.2 Å². The number of rotatable bonds is 59. The van der Waals surface area contributed by atoms with Gasteiger partial charge in [0.1, 0.15) is 13.2 Å². The highest BCUT2D eigenvalue weighted by atomic mass is 16.6. The number of unbranched alkanes of at least 4 members (excludes halogenated alkanes) is 34. The van der Waals surface area contributed by atoms with E-state index in [1.807, 2.05) is 0 Å². The molecular formula is C70H122O6. The van der Waals surface area contributed by atoms with Gasteiger partial charge in [-0.2, -0.15) is 0 Å². The Morgan fingerprint density at radius 2 is 0.513 bits per heavy atom. The lowest BCUT2D eigenvalue weighted by molar-refractivity contribution is -0.167. The van der Waals surface area contributed by atoms with Crippen LogP contribution in [0.2, 0.25) is 0 Å². The molecule has 0 rings (SSSR count). The number of ether oxygens (including phenoxy) is 3. The maximum Gasteiger partial charge on any atom is 0.306 e. The molecule has 6 heteroatoms. The summed E-state index contributed by atoms with van der Waals surface area (Å²) in [5.41, 5.74) is 0. The first-order chi connectivity index (χ1) is 37.5. The maximum absolute atomic E-state index is 12.8. The number of esters is 3. The standard InChI is InChI=1S/C70H122O6/c1-4-7-10-13-16-18-20-22-24-26-27-28-29-30-31-32-33-34-35-36-37-38-39-40-41-42-43-45-46-48-50-52-54-57-60-63-69(72)75-66-67(65-74-68(71)62-59-56-15-12-9-6-3)76-70(73)64-61-58-55-53-51-49-47-44-25-23-21-19-17-14-11-8-5-2/h7-8,10-11,16-19,22-25,27-28,67H,4-6,9,12-15,20-21,26,29-66H2,1-3H3/b10-7-,11-8-,18-16-,19-17-,24-22-,25-23-,28-27-. The van der Waals surface area contributed by atoms with Crippen LogP contribution in [0.5, 0.6) is 0 Å². The topological polar surface area (TPSA) is 78.9 Å². The van der Waals surface area contributed by atoms with Crippen LogP contribution in [0.25, 0.3) is 0 Å². The molecule has 1 unspecified atom stereocenters. The first-order valence-electron chi connectivity index (χ1n) is 32.6. The van der Waals surface area contributed by atoms with Crippen LogP contribution in [0.4, 0.5) is 0 Å². The first-order valence-corrected chi connectivity index (χ1v) is 32.6. The van der Waals surface area contributed by atoms with Crippen LogP contribution in [0.1, 0.15) is 323 Å². The fraction of sp³-hybridized carbons (Fsp3) is 0.757. The van der Waals surface area contributed by atoms with E-state index in [2.05, 4.69) is 106 Å². The predicted molar refractivity (Wildman–Crippen MR) is 330 cm³/mol. The van der Waals surface area contributed by atoms with Gasteiger partial charge in [-0.25, -0.2) is 0 Å². The van der Waals surface area contributed by atoms with Crippen molar-refractivity contribution in [3.63, 3.8) is 0 Å². The Morgan fingerprint density at radius 1 is 0.276 bits per heavy atom. The second-order valence-corrected chi connectivity index (χ2v) is 21.6. The summed E-state index contributed by atoms with van der Waals surface area (Å²) in [6.45, 7) is 6.38. The van der Waals surface area contributed by atoms with E-state index < -0.39 is 6.10 Å². The minimum absolute atomic E-state index is 0.0761. The molecule has 0 aliphatic heterocycles. The summed E-state index contributed by atoms with van der Waals surface area (Å²) >= 11 is 0. The third kappa shape index (κ3) is 61.4. The number of hydrogen-bond acceptors (Lipinski definition) is 6. The average molecular weight is 1060 g/mol. The van der Waals surface area contributed by atoms with Crippen molar-refractivity contribution in [1.29, 1.82) is 0 Å². The highest BCUT2D eigenvalue weighted by Crippen LogP contribution is 2.17. The van der Waals surface area contributed by atoms with E-state index in [1.54, 1.807) is 0 Å². The van der Waals surface area contributed by atoms with Gasteiger partial charge in [0.25, 0.3) is 0 Å². The smallest absolute Gasteiger partial charge is 0.306 e. The number of hydrogen-bond donors (Lipinski definition) is 0. The molecule has 1 atom stereocenters. The minimum atomic E-state index is -0.776. The Balaban J connectivity index is 3.93. The molecule has 0 N–H and O–H groups in total. The Morgan fingerprint density at radius 3 is 0.803 bits per heavy atom. The molecule has 0 radical (unpaired) electrons. The molecule has 0 aromatic carbocycles.